The van der Waals surface area contributed by atoms with Crippen molar-refractivity contribution in [3.05, 3.63) is 57.1 Å². The summed E-state index contributed by atoms with van der Waals surface area (Å²) in [6.45, 7) is 1.65. The molecule has 10 heteroatoms. The normalized spacial score (nSPS) is 16.4. The third-order valence-electron chi connectivity index (χ3n) is 5.52. The summed E-state index contributed by atoms with van der Waals surface area (Å²) in [4.78, 5) is 12.8. The van der Waals surface area contributed by atoms with Crippen LogP contribution in [0.2, 0.25) is 0 Å². The highest BCUT2D eigenvalue weighted by molar-refractivity contribution is 5.81. The fourth-order valence-electron chi connectivity index (χ4n) is 3.82. The van der Waals surface area contributed by atoms with Crippen LogP contribution in [0.3, 0.4) is 0 Å². The Morgan fingerprint density at radius 3 is 2.60 bits per heavy atom. The first kappa shape index (κ1) is 20.1. The van der Waals surface area contributed by atoms with Crippen LogP contribution in [0.15, 0.2) is 29.2 Å². The molecule has 7 nitrogen and oxygen atoms in total. The van der Waals surface area contributed by atoms with E-state index >= 15 is 0 Å². The largest absolute Gasteiger partial charge is 0.417 e. The minimum Gasteiger partial charge on any atom is -0.379 e. The lowest BCUT2D eigenvalue weighted by molar-refractivity contribution is -0.137. The first-order valence-corrected chi connectivity index (χ1v) is 9.41. The van der Waals surface area contributed by atoms with E-state index < -0.39 is 22.9 Å². The van der Waals surface area contributed by atoms with Crippen LogP contribution in [0.4, 0.5) is 13.2 Å². The molecule has 156 valence electrons. The van der Waals surface area contributed by atoms with Crippen LogP contribution in [0.25, 0.3) is 10.9 Å². The van der Waals surface area contributed by atoms with Crippen molar-refractivity contribution in [3.8, 4) is 6.07 Å². The third kappa shape index (κ3) is 2.97. The summed E-state index contributed by atoms with van der Waals surface area (Å²) >= 11 is 0. The Balaban J connectivity index is 1.93. The van der Waals surface area contributed by atoms with Crippen LogP contribution in [0, 0.1) is 11.3 Å². The number of halogens is 3. The maximum atomic E-state index is 13.2. The van der Waals surface area contributed by atoms with E-state index in [0.717, 1.165) is 31.0 Å². The lowest BCUT2D eigenvalue weighted by Crippen LogP contribution is -2.30. The molecule has 1 saturated carbocycles. The molecule has 0 spiro atoms. The quantitative estimate of drug-likeness (QED) is 0.704. The lowest BCUT2D eigenvalue weighted by atomic mass is 9.84. The number of hydrogen-bond donors (Lipinski definition) is 1. The van der Waals surface area contributed by atoms with Gasteiger partial charge in [0.2, 0.25) is 0 Å². The van der Waals surface area contributed by atoms with Crippen molar-refractivity contribution >= 4 is 10.9 Å². The molecular weight excluding hydrogens is 399 g/mol. The third-order valence-corrected chi connectivity index (χ3v) is 5.52. The van der Waals surface area contributed by atoms with Gasteiger partial charge in [0.1, 0.15) is 5.60 Å². The van der Waals surface area contributed by atoms with Crippen molar-refractivity contribution in [2.24, 2.45) is 7.05 Å². The molecule has 2 aromatic heterocycles. The van der Waals surface area contributed by atoms with E-state index in [0.29, 0.717) is 5.39 Å². The zero-order chi connectivity index (χ0) is 21.8. The summed E-state index contributed by atoms with van der Waals surface area (Å²) in [5, 5.41) is 29.5. The predicted octanol–water partition coefficient (Wildman–Crippen LogP) is 3.00. The molecule has 3 aromatic rings. The Morgan fingerprint density at radius 1 is 1.33 bits per heavy atom. The molecule has 0 saturated heterocycles. The van der Waals surface area contributed by atoms with Gasteiger partial charge in [-0.05, 0) is 37.0 Å². The highest BCUT2D eigenvalue weighted by Gasteiger charge is 2.39. The first-order valence-electron chi connectivity index (χ1n) is 9.41. The van der Waals surface area contributed by atoms with Gasteiger partial charge < -0.3 is 5.11 Å². The van der Waals surface area contributed by atoms with Crippen LogP contribution in [0.5, 0.6) is 0 Å². The fraction of sp³-hybridized carbons (Fsp3) is 0.400. The van der Waals surface area contributed by atoms with E-state index in [4.69, 9.17) is 0 Å². The molecule has 0 bridgehead atoms. The molecule has 1 N–H and O–H groups in total. The summed E-state index contributed by atoms with van der Waals surface area (Å²) in [5.41, 5.74) is -3.35. The monoisotopic (exact) mass is 417 g/mol. The molecule has 0 aliphatic heterocycles. The number of rotatable bonds is 4. The second-order valence-electron chi connectivity index (χ2n) is 7.44. The molecule has 0 amide bonds. The standard InChI is InChI=1S/C20H18F3N5O2/c1-3-19(30,12-4-7-15(20(21,22)23)11(8-12)9-24)17-14-10-25-28(13-5-6-13)18(29)16(14)26-27(17)2/h4,7-8,10,13,30H,3,5-6H2,1-2H3. The highest BCUT2D eigenvalue weighted by atomic mass is 19.4. The summed E-state index contributed by atoms with van der Waals surface area (Å²) < 4.78 is 42.2. The number of hydrogen-bond acceptors (Lipinski definition) is 5. The molecular formula is C20H18F3N5O2. The van der Waals surface area contributed by atoms with E-state index in [1.165, 1.54) is 15.6 Å². The SMILES string of the molecule is CCC(O)(c1ccc(C(F)(F)F)c(C#N)c1)c1c2cnn(C3CC3)c(=O)c2nn1C. The minimum atomic E-state index is -4.69. The van der Waals surface area contributed by atoms with Crippen molar-refractivity contribution in [1.29, 1.82) is 5.26 Å². The molecule has 1 aliphatic carbocycles. The van der Waals surface area contributed by atoms with Crippen LogP contribution in [0.1, 0.15) is 54.6 Å². The molecule has 1 aliphatic rings. The Hall–Kier alpha value is -3.19. The summed E-state index contributed by atoms with van der Waals surface area (Å²) in [6.07, 6.45) is -1.44. The van der Waals surface area contributed by atoms with E-state index in [-0.39, 0.29) is 34.8 Å². The number of alkyl halides is 3. The average Bonchev–Trinajstić information content (AvgIpc) is 3.48. The van der Waals surface area contributed by atoms with Crippen molar-refractivity contribution in [2.75, 3.05) is 0 Å². The summed E-state index contributed by atoms with van der Waals surface area (Å²) in [5.74, 6) is 0. The maximum Gasteiger partial charge on any atom is 0.417 e. The minimum absolute atomic E-state index is 0.0468. The first-order chi connectivity index (χ1) is 14.1. The van der Waals surface area contributed by atoms with Crippen LogP contribution in [-0.4, -0.2) is 24.7 Å². The Labute approximate surface area is 169 Å². The molecule has 1 unspecified atom stereocenters. The van der Waals surface area contributed by atoms with Crippen molar-refractivity contribution in [2.45, 2.75) is 44.0 Å². The molecule has 1 fully saturated rings. The zero-order valence-electron chi connectivity index (χ0n) is 16.2. The average molecular weight is 417 g/mol. The predicted molar refractivity (Wildman–Crippen MR) is 100 cm³/mol. The van der Waals surface area contributed by atoms with E-state index in [2.05, 4.69) is 10.2 Å². The topological polar surface area (TPSA) is 96.7 Å². The number of nitriles is 1. The smallest absolute Gasteiger partial charge is 0.379 e. The Morgan fingerprint density at radius 2 is 2.03 bits per heavy atom. The molecule has 4 rings (SSSR count). The van der Waals surface area contributed by atoms with Gasteiger partial charge in [-0.2, -0.15) is 28.6 Å². The molecule has 2 heterocycles. The van der Waals surface area contributed by atoms with E-state index in [1.807, 2.05) is 0 Å². The molecule has 30 heavy (non-hydrogen) atoms. The molecule has 1 atom stereocenters. The Bertz CT molecular complexity index is 1250. The van der Waals surface area contributed by atoms with Gasteiger partial charge in [0, 0.05) is 7.05 Å². The summed E-state index contributed by atoms with van der Waals surface area (Å²) in [6, 6.07) is 4.56. The maximum absolute atomic E-state index is 13.2. The van der Waals surface area contributed by atoms with Crippen LogP contribution >= 0.6 is 0 Å². The number of aromatic nitrogens is 4. The van der Waals surface area contributed by atoms with Gasteiger partial charge >= 0.3 is 6.18 Å². The second-order valence-corrected chi connectivity index (χ2v) is 7.44. The highest BCUT2D eigenvalue weighted by Crippen LogP contribution is 2.40. The fourth-order valence-corrected chi connectivity index (χ4v) is 3.82. The molecule has 0 radical (unpaired) electrons. The van der Waals surface area contributed by atoms with E-state index in [9.17, 15) is 28.3 Å². The second kappa shape index (κ2) is 6.67. The van der Waals surface area contributed by atoms with Gasteiger partial charge in [-0.25, -0.2) is 4.68 Å². The molecule has 1 aromatic carbocycles. The van der Waals surface area contributed by atoms with Gasteiger partial charge in [-0.15, -0.1) is 0 Å². The van der Waals surface area contributed by atoms with Gasteiger partial charge in [0.05, 0.1) is 40.5 Å². The number of aliphatic hydroxyl groups is 1. The van der Waals surface area contributed by atoms with Gasteiger partial charge in [0.25, 0.3) is 5.56 Å². The Kier molecular flexibility index (Phi) is 4.47. The van der Waals surface area contributed by atoms with Crippen LogP contribution < -0.4 is 5.56 Å². The van der Waals surface area contributed by atoms with Crippen LogP contribution in [-0.2, 0) is 18.8 Å². The number of benzene rings is 1. The number of fused-ring (bicyclic) bond motifs is 1. The summed E-state index contributed by atoms with van der Waals surface area (Å²) in [7, 11) is 1.55. The van der Waals surface area contributed by atoms with Gasteiger partial charge in [-0.1, -0.05) is 13.0 Å². The van der Waals surface area contributed by atoms with Crippen molar-refractivity contribution in [3.63, 3.8) is 0 Å². The van der Waals surface area contributed by atoms with Gasteiger partial charge in [0.15, 0.2) is 5.52 Å². The number of nitrogens with zero attached hydrogens (tertiary/aromatic N) is 5. The van der Waals surface area contributed by atoms with E-state index in [1.54, 1.807) is 20.0 Å². The van der Waals surface area contributed by atoms with Gasteiger partial charge in [-0.3, -0.25) is 9.48 Å². The van der Waals surface area contributed by atoms with Crippen molar-refractivity contribution < 1.29 is 18.3 Å². The lowest BCUT2D eigenvalue weighted by Gasteiger charge is -2.28. The zero-order valence-corrected chi connectivity index (χ0v) is 16.2. The number of aryl methyl sites for hydroxylation is 1. The van der Waals surface area contributed by atoms with Crippen molar-refractivity contribution in [1.82, 2.24) is 19.6 Å².